The van der Waals surface area contributed by atoms with Crippen LogP contribution in [-0.2, 0) is 16.1 Å². The van der Waals surface area contributed by atoms with E-state index in [1.807, 2.05) is 52.1 Å². The van der Waals surface area contributed by atoms with Gasteiger partial charge in [0.25, 0.3) is 7.28 Å². The molecule has 0 spiro atoms. The van der Waals surface area contributed by atoms with E-state index in [4.69, 9.17) is 9.47 Å². The SMILES string of the molecule is CCCC(=O)N(c1cccc(OC(C)CC)c1COC1=NC=CB1)N(C)C. The molecule has 6 nitrogen and oxygen atoms in total. The van der Waals surface area contributed by atoms with Crippen molar-refractivity contribution in [2.45, 2.75) is 52.7 Å². The Morgan fingerprint density at radius 3 is 2.67 bits per heavy atom. The van der Waals surface area contributed by atoms with Gasteiger partial charge in [0.1, 0.15) is 18.2 Å². The summed E-state index contributed by atoms with van der Waals surface area (Å²) in [6.07, 6.45) is 3.98. The molecule has 0 aromatic heterocycles. The van der Waals surface area contributed by atoms with Crippen LogP contribution in [0, 0.1) is 0 Å². The maximum atomic E-state index is 12.8. The maximum absolute atomic E-state index is 12.8. The summed E-state index contributed by atoms with van der Waals surface area (Å²) in [6.45, 7) is 6.42. The van der Waals surface area contributed by atoms with E-state index in [0.717, 1.165) is 29.8 Å². The molecule has 1 aromatic rings. The van der Waals surface area contributed by atoms with Crippen LogP contribution in [0.2, 0.25) is 0 Å². The van der Waals surface area contributed by atoms with Crippen LogP contribution in [-0.4, -0.2) is 44.2 Å². The molecule has 1 atom stereocenters. The number of ether oxygens (including phenoxy) is 2. The lowest BCUT2D eigenvalue weighted by atomic mass is 9.80. The molecule has 1 amide bonds. The largest absolute Gasteiger partial charge is 0.490 e. The van der Waals surface area contributed by atoms with E-state index in [0.29, 0.717) is 26.1 Å². The fraction of sp³-hybridized carbons (Fsp3) is 0.500. The van der Waals surface area contributed by atoms with E-state index >= 15 is 0 Å². The lowest BCUT2D eigenvalue weighted by Gasteiger charge is -2.31. The van der Waals surface area contributed by atoms with E-state index in [1.54, 1.807) is 16.2 Å². The van der Waals surface area contributed by atoms with Crippen LogP contribution in [0.15, 0.2) is 35.4 Å². The molecule has 2 rings (SSSR count). The lowest BCUT2D eigenvalue weighted by molar-refractivity contribution is -0.121. The van der Waals surface area contributed by atoms with Crippen molar-refractivity contribution in [1.29, 1.82) is 0 Å². The van der Waals surface area contributed by atoms with E-state index in [1.165, 1.54) is 0 Å². The van der Waals surface area contributed by atoms with Gasteiger partial charge in [-0.05, 0) is 31.9 Å². The molecule has 1 aliphatic rings. The smallest absolute Gasteiger partial charge is 0.256 e. The third kappa shape index (κ3) is 5.60. The first-order valence-electron chi connectivity index (χ1n) is 9.61. The molecule has 0 aliphatic carbocycles. The van der Waals surface area contributed by atoms with Gasteiger partial charge in [-0.2, -0.15) is 0 Å². The van der Waals surface area contributed by atoms with Crippen molar-refractivity contribution in [3.8, 4) is 5.75 Å². The van der Waals surface area contributed by atoms with Crippen molar-refractivity contribution in [2.24, 2.45) is 4.99 Å². The summed E-state index contributed by atoms with van der Waals surface area (Å²) in [4.78, 5) is 17.0. The molecule has 146 valence electrons. The Morgan fingerprint density at radius 2 is 2.07 bits per heavy atom. The Kier molecular flexibility index (Phi) is 7.91. The Labute approximate surface area is 163 Å². The van der Waals surface area contributed by atoms with Gasteiger partial charge in [-0.15, -0.1) is 0 Å². The van der Waals surface area contributed by atoms with Gasteiger partial charge in [-0.3, -0.25) is 4.79 Å². The molecular weight excluding hydrogens is 341 g/mol. The fourth-order valence-corrected chi connectivity index (χ4v) is 2.79. The number of rotatable bonds is 9. The normalized spacial score (nSPS) is 13.9. The molecule has 0 saturated carbocycles. The van der Waals surface area contributed by atoms with Crippen molar-refractivity contribution >= 4 is 24.7 Å². The quantitative estimate of drug-likeness (QED) is 0.494. The van der Waals surface area contributed by atoms with E-state index in [2.05, 4.69) is 11.9 Å². The zero-order chi connectivity index (χ0) is 19.8. The number of carbonyl (C=O) groups is 1. The number of carbonyl (C=O) groups excluding carboxylic acids is 1. The molecule has 0 bridgehead atoms. The minimum atomic E-state index is 0.0457. The van der Waals surface area contributed by atoms with Gasteiger partial charge in [0.15, 0.2) is 0 Å². The van der Waals surface area contributed by atoms with Crippen molar-refractivity contribution in [2.75, 3.05) is 19.1 Å². The molecule has 0 N–H and O–H groups in total. The average Bonchev–Trinajstić information content (AvgIpc) is 3.14. The molecule has 1 aliphatic heterocycles. The number of amides is 1. The van der Waals surface area contributed by atoms with Gasteiger partial charge in [0.05, 0.1) is 17.4 Å². The second-order valence-corrected chi connectivity index (χ2v) is 6.79. The summed E-state index contributed by atoms with van der Waals surface area (Å²) >= 11 is 0. The highest BCUT2D eigenvalue weighted by atomic mass is 16.5. The van der Waals surface area contributed by atoms with Crippen molar-refractivity contribution in [1.82, 2.24) is 5.01 Å². The van der Waals surface area contributed by atoms with Crippen molar-refractivity contribution in [3.63, 3.8) is 0 Å². The Bertz CT molecular complexity index is 704. The number of hydrogen-bond donors (Lipinski definition) is 0. The highest BCUT2D eigenvalue weighted by Crippen LogP contribution is 2.32. The molecule has 1 aromatic carbocycles. The summed E-state index contributed by atoms with van der Waals surface area (Å²) in [7, 11) is 4.42. The average molecular weight is 371 g/mol. The minimum Gasteiger partial charge on any atom is -0.490 e. The van der Waals surface area contributed by atoms with Gasteiger partial charge < -0.3 is 9.47 Å². The van der Waals surface area contributed by atoms with Gasteiger partial charge in [-0.25, -0.2) is 15.0 Å². The molecule has 0 fully saturated rings. The topological polar surface area (TPSA) is 54.4 Å². The first kappa shape index (κ1) is 21.0. The van der Waals surface area contributed by atoms with E-state index in [9.17, 15) is 4.79 Å². The highest BCUT2D eigenvalue weighted by Gasteiger charge is 2.24. The highest BCUT2D eigenvalue weighted by molar-refractivity contribution is 6.78. The first-order valence-corrected chi connectivity index (χ1v) is 9.61. The van der Waals surface area contributed by atoms with Crippen LogP contribution >= 0.6 is 0 Å². The third-order valence-corrected chi connectivity index (χ3v) is 4.34. The van der Waals surface area contributed by atoms with Crippen molar-refractivity contribution in [3.05, 3.63) is 35.9 Å². The molecule has 0 radical (unpaired) electrons. The zero-order valence-corrected chi connectivity index (χ0v) is 17.1. The van der Waals surface area contributed by atoms with Crippen LogP contribution in [0.5, 0.6) is 5.75 Å². The second-order valence-electron chi connectivity index (χ2n) is 6.79. The van der Waals surface area contributed by atoms with Gasteiger partial charge in [0, 0.05) is 26.7 Å². The predicted octanol–water partition coefficient (Wildman–Crippen LogP) is 3.27. The number of nitrogens with zero attached hydrogens (tertiary/aromatic N) is 3. The van der Waals surface area contributed by atoms with E-state index in [-0.39, 0.29) is 12.0 Å². The van der Waals surface area contributed by atoms with E-state index < -0.39 is 0 Å². The summed E-state index contributed by atoms with van der Waals surface area (Å²) in [6, 6.07) is 5.78. The summed E-state index contributed by atoms with van der Waals surface area (Å²) < 4.78 is 12.0. The Hall–Kier alpha value is -2.28. The number of hydrogen-bond acceptors (Lipinski definition) is 5. The molecule has 27 heavy (non-hydrogen) atoms. The van der Waals surface area contributed by atoms with Crippen LogP contribution < -0.4 is 9.75 Å². The second kappa shape index (κ2) is 10.2. The monoisotopic (exact) mass is 371 g/mol. The van der Waals surface area contributed by atoms with Crippen molar-refractivity contribution < 1.29 is 14.3 Å². The molecule has 7 heteroatoms. The predicted molar refractivity (Wildman–Crippen MR) is 111 cm³/mol. The Balaban J connectivity index is 2.40. The fourth-order valence-electron chi connectivity index (χ4n) is 2.79. The summed E-state index contributed by atoms with van der Waals surface area (Å²) in [5.41, 5.74) is 1.64. The molecule has 1 heterocycles. The molecule has 1 unspecified atom stereocenters. The maximum Gasteiger partial charge on any atom is 0.256 e. The first-order chi connectivity index (χ1) is 13.0. The molecular formula is C20H30BN3O3. The Morgan fingerprint density at radius 1 is 1.30 bits per heavy atom. The van der Waals surface area contributed by atoms with Crippen LogP contribution in [0.3, 0.4) is 0 Å². The third-order valence-electron chi connectivity index (χ3n) is 4.34. The number of hydrazine groups is 1. The van der Waals surface area contributed by atoms with Gasteiger partial charge in [0.2, 0.25) is 5.91 Å². The number of anilines is 1. The molecule has 0 saturated heterocycles. The minimum absolute atomic E-state index is 0.0457. The summed E-state index contributed by atoms with van der Waals surface area (Å²) in [5.74, 6) is 3.42. The number of aliphatic imine (C=N–C) groups is 1. The van der Waals surface area contributed by atoms with Crippen LogP contribution in [0.4, 0.5) is 5.69 Å². The van der Waals surface area contributed by atoms with Gasteiger partial charge in [-0.1, -0.05) is 25.9 Å². The van der Waals surface area contributed by atoms with Crippen LogP contribution in [0.25, 0.3) is 0 Å². The van der Waals surface area contributed by atoms with Gasteiger partial charge >= 0.3 is 0 Å². The standard InChI is InChI=1S/C20H30BN3O3/c1-6-9-19(25)24(23(4)5)17-10-8-11-18(27-15(3)7-2)16(17)14-26-20-21-12-13-22-20/h8,10-13,15,21H,6-7,9,14H2,1-5H3. The summed E-state index contributed by atoms with van der Waals surface area (Å²) in [5, 5.41) is 3.50. The number of benzene rings is 1. The lowest BCUT2D eigenvalue weighted by Crippen LogP contribution is -2.42. The zero-order valence-electron chi connectivity index (χ0n) is 17.1. The van der Waals surface area contributed by atoms with Crippen LogP contribution in [0.1, 0.15) is 45.6 Å².